The van der Waals surface area contributed by atoms with Crippen molar-refractivity contribution >= 4 is 5.78 Å². The van der Waals surface area contributed by atoms with Crippen LogP contribution >= 0.6 is 0 Å². The topological polar surface area (TPSA) is 52.3 Å². The minimum absolute atomic E-state index is 0.0451. The van der Waals surface area contributed by atoms with Gasteiger partial charge in [-0.3, -0.25) is 4.79 Å². The highest BCUT2D eigenvalue weighted by atomic mass is 16.5. The molecule has 0 atom stereocenters. The lowest BCUT2D eigenvalue weighted by Gasteiger charge is -2.09. The summed E-state index contributed by atoms with van der Waals surface area (Å²) in [5, 5.41) is 0. The Bertz CT molecular complexity index is 350. The first-order chi connectivity index (χ1) is 8.25. The number of rotatable bonds is 8. The van der Waals surface area contributed by atoms with Crippen LogP contribution < -0.4 is 10.5 Å². The molecule has 0 fully saturated rings. The van der Waals surface area contributed by atoms with Crippen LogP contribution in [0.4, 0.5) is 0 Å². The van der Waals surface area contributed by atoms with Gasteiger partial charge in [0.15, 0.2) is 5.78 Å². The molecule has 1 rings (SSSR count). The Labute approximate surface area is 103 Å². The van der Waals surface area contributed by atoms with Gasteiger partial charge in [0, 0.05) is 0 Å². The lowest BCUT2D eigenvalue weighted by atomic mass is 10.1. The maximum atomic E-state index is 11.3. The van der Waals surface area contributed by atoms with Crippen LogP contribution in [0.2, 0.25) is 0 Å². The van der Waals surface area contributed by atoms with Gasteiger partial charge in [0.25, 0.3) is 0 Å². The monoisotopic (exact) mass is 235 g/mol. The van der Waals surface area contributed by atoms with Crippen molar-refractivity contribution in [3.63, 3.8) is 0 Å². The van der Waals surface area contributed by atoms with E-state index in [2.05, 4.69) is 0 Å². The molecule has 0 unspecified atom stereocenters. The molecule has 94 valence electrons. The van der Waals surface area contributed by atoms with Crippen molar-refractivity contribution in [3.05, 3.63) is 29.8 Å². The number of ketones is 1. The number of hydrogen-bond donors (Lipinski definition) is 1. The highest BCUT2D eigenvalue weighted by Crippen LogP contribution is 2.18. The van der Waals surface area contributed by atoms with E-state index in [1.807, 2.05) is 18.2 Å². The summed E-state index contributed by atoms with van der Waals surface area (Å²) in [6, 6.07) is 7.38. The molecule has 0 heterocycles. The van der Waals surface area contributed by atoms with Gasteiger partial charge in [-0.15, -0.1) is 0 Å². The fraction of sp³-hybridized carbons (Fsp3) is 0.500. The molecular formula is C14H21NO2. The number of carbonyl (C=O) groups is 1. The molecule has 1 aromatic carbocycles. The quantitative estimate of drug-likeness (QED) is 0.557. The third kappa shape index (κ3) is 5.00. The molecule has 0 aliphatic carbocycles. The summed E-state index contributed by atoms with van der Waals surface area (Å²) in [5.41, 5.74) is 6.08. The molecule has 0 aliphatic heterocycles. The number of ether oxygens (including phenoxy) is 1. The molecule has 2 N–H and O–H groups in total. The zero-order valence-electron chi connectivity index (χ0n) is 10.4. The van der Waals surface area contributed by atoms with Crippen LogP contribution in [0, 0.1) is 0 Å². The van der Waals surface area contributed by atoms with Gasteiger partial charge in [0.1, 0.15) is 5.75 Å². The largest absolute Gasteiger partial charge is 0.493 e. The van der Waals surface area contributed by atoms with E-state index < -0.39 is 0 Å². The molecule has 0 aliphatic rings. The standard InChI is InChI=1S/C14H21NO2/c1-12(16)13-8-4-5-9-14(13)17-11-7-3-2-6-10-15/h4-5,8-9H,2-3,6-7,10-11,15H2,1H3. The number of nitrogens with two attached hydrogens (primary N) is 1. The third-order valence-electron chi connectivity index (χ3n) is 2.62. The number of para-hydroxylation sites is 1. The van der Waals surface area contributed by atoms with Crippen LogP contribution in [-0.4, -0.2) is 18.9 Å². The maximum Gasteiger partial charge on any atom is 0.163 e. The van der Waals surface area contributed by atoms with Crippen molar-refractivity contribution in [1.82, 2.24) is 0 Å². The van der Waals surface area contributed by atoms with E-state index in [1.54, 1.807) is 13.0 Å². The van der Waals surface area contributed by atoms with Gasteiger partial charge >= 0.3 is 0 Å². The summed E-state index contributed by atoms with van der Waals surface area (Å²) in [4.78, 5) is 11.3. The fourth-order valence-corrected chi connectivity index (χ4v) is 1.67. The summed E-state index contributed by atoms with van der Waals surface area (Å²) >= 11 is 0. The zero-order valence-corrected chi connectivity index (χ0v) is 10.4. The van der Waals surface area contributed by atoms with Gasteiger partial charge in [0.05, 0.1) is 12.2 Å². The van der Waals surface area contributed by atoms with Gasteiger partial charge in [-0.05, 0) is 38.4 Å². The number of unbranched alkanes of at least 4 members (excludes halogenated alkanes) is 3. The second kappa shape index (κ2) is 7.85. The lowest BCUT2D eigenvalue weighted by molar-refractivity contribution is 0.101. The normalized spacial score (nSPS) is 10.2. The molecular weight excluding hydrogens is 214 g/mol. The zero-order chi connectivity index (χ0) is 12.5. The molecule has 3 heteroatoms. The molecule has 0 aromatic heterocycles. The molecule has 0 amide bonds. The Balaban J connectivity index is 2.34. The lowest BCUT2D eigenvalue weighted by Crippen LogP contribution is -2.03. The van der Waals surface area contributed by atoms with Crippen LogP contribution in [0.15, 0.2) is 24.3 Å². The molecule has 0 saturated heterocycles. The molecule has 17 heavy (non-hydrogen) atoms. The smallest absolute Gasteiger partial charge is 0.163 e. The Morgan fingerprint density at radius 1 is 1.18 bits per heavy atom. The highest BCUT2D eigenvalue weighted by Gasteiger charge is 2.06. The SMILES string of the molecule is CC(=O)c1ccccc1OCCCCCCN. The minimum Gasteiger partial charge on any atom is -0.493 e. The molecule has 0 spiro atoms. The molecule has 0 bridgehead atoms. The van der Waals surface area contributed by atoms with E-state index in [9.17, 15) is 4.79 Å². The second-order valence-electron chi connectivity index (χ2n) is 4.10. The van der Waals surface area contributed by atoms with E-state index in [0.717, 1.165) is 32.2 Å². The van der Waals surface area contributed by atoms with Crippen LogP contribution in [0.25, 0.3) is 0 Å². The molecule has 1 aromatic rings. The van der Waals surface area contributed by atoms with E-state index in [-0.39, 0.29) is 5.78 Å². The van der Waals surface area contributed by atoms with Crippen molar-refractivity contribution < 1.29 is 9.53 Å². The van der Waals surface area contributed by atoms with Crippen molar-refractivity contribution in [2.45, 2.75) is 32.6 Å². The van der Waals surface area contributed by atoms with Crippen LogP contribution in [0.3, 0.4) is 0 Å². The number of Topliss-reactive ketones (excluding diaryl/α,β-unsaturated/α-hetero) is 1. The average molecular weight is 235 g/mol. The summed E-state index contributed by atoms with van der Waals surface area (Å²) in [7, 11) is 0. The Morgan fingerprint density at radius 3 is 2.59 bits per heavy atom. The Hall–Kier alpha value is -1.35. The average Bonchev–Trinajstić information content (AvgIpc) is 2.34. The van der Waals surface area contributed by atoms with Gasteiger partial charge in [-0.2, -0.15) is 0 Å². The third-order valence-corrected chi connectivity index (χ3v) is 2.62. The van der Waals surface area contributed by atoms with Crippen LogP contribution in [-0.2, 0) is 0 Å². The summed E-state index contributed by atoms with van der Waals surface area (Å²) in [5.74, 6) is 0.738. The molecule has 0 saturated carbocycles. The predicted molar refractivity (Wildman–Crippen MR) is 69.5 cm³/mol. The van der Waals surface area contributed by atoms with Crippen molar-refractivity contribution in [1.29, 1.82) is 0 Å². The van der Waals surface area contributed by atoms with Gasteiger partial charge in [0.2, 0.25) is 0 Å². The first-order valence-electron chi connectivity index (χ1n) is 6.18. The molecule has 3 nitrogen and oxygen atoms in total. The van der Waals surface area contributed by atoms with Gasteiger partial charge in [-0.25, -0.2) is 0 Å². The summed E-state index contributed by atoms with van der Waals surface area (Å²) in [6.07, 6.45) is 4.35. The van der Waals surface area contributed by atoms with Crippen LogP contribution in [0.1, 0.15) is 43.0 Å². The second-order valence-corrected chi connectivity index (χ2v) is 4.10. The fourth-order valence-electron chi connectivity index (χ4n) is 1.67. The Morgan fingerprint density at radius 2 is 1.88 bits per heavy atom. The van der Waals surface area contributed by atoms with Gasteiger partial charge < -0.3 is 10.5 Å². The summed E-state index contributed by atoms with van der Waals surface area (Å²) < 4.78 is 5.63. The number of carbonyl (C=O) groups excluding carboxylic acids is 1. The first-order valence-corrected chi connectivity index (χ1v) is 6.18. The minimum atomic E-state index is 0.0451. The van der Waals surface area contributed by atoms with Crippen molar-refractivity contribution in [3.8, 4) is 5.75 Å². The van der Waals surface area contributed by atoms with Crippen molar-refractivity contribution in [2.75, 3.05) is 13.2 Å². The van der Waals surface area contributed by atoms with Gasteiger partial charge in [-0.1, -0.05) is 25.0 Å². The highest BCUT2D eigenvalue weighted by molar-refractivity contribution is 5.96. The van der Waals surface area contributed by atoms with E-state index in [1.165, 1.54) is 0 Å². The Kier molecular flexibility index (Phi) is 6.33. The maximum absolute atomic E-state index is 11.3. The number of benzene rings is 1. The van der Waals surface area contributed by atoms with E-state index in [0.29, 0.717) is 17.9 Å². The predicted octanol–water partition coefficient (Wildman–Crippen LogP) is 2.79. The summed E-state index contributed by atoms with van der Waals surface area (Å²) in [6.45, 7) is 2.98. The van der Waals surface area contributed by atoms with E-state index in [4.69, 9.17) is 10.5 Å². The van der Waals surface area contributed by atoms with E-state index >= 15 is 0 Å². The van der Waals surface area contributed by atoms with Crippen LogP contribution in [0.5, 0.6) is 5.75 Å². The van der Waals surface area contributed by atoms with Crippen molar-refractivity contribution in [2.24, 2.45) is 5.73 Å². The molecule has 0 radical (unpaired) electrons. The number of hydrogen-bond acceptors (Lipinski definition) is 3. The first kappa shape index (κ1) is 13.7.